The van der Waals surface area contributed by atoms with Gasteiger partial charge in [-0.3, -0.25) is 0 Å². The van der Waals surface area contributed by atoms with E-state index in [0.29, 0.717) is 4.57 Å². The highest BCUT2D eigenvalue weighted by molar-refractivity contribution is 6.32. The van der Waals surface area contributed by atoms with Crippen LogP contribution in [0.25, 0.3) is 5.69 Å². The lowest BCUT2D eigenvalue weighted by atomic mass is 10.2. The summed E-state index contributed by atoms with van der Waals surface area (Å²) in [5.74, 6) is -0.603. The second kappa shape index (κ2) is 4.93. The second-order valence-corrected chi connectivity index (χ2v) is 4.50. The number of hydrogen-bond donors (Lipinski definition) is 2. The van der Waals surface area contributed by atoms with E-state index in [1.54, 1.807) is 13.8 Å². The molecule has 0 aliphatic heterocycles. The number of nitrogens with zero attached hydrogens (tertiary/aromatic N) is 1. The molecule has 0 amide bonds. The van der Waals surface area contributed by atoms with Crippen LogP contribution in [0.1, 0.15) is 13.8 Å². The number of nitrogens with one attached hydrogen (secondary N) is 2. The quantitative estimate of drug-likeness (QED) is 0.896. The van der Waals surface area contributed by atoms with Crippen molar-refractivity contribution in [3.05, 3.63) is 43.9 Å². The van der Waals surface area contributed by atoms with Gasteiger partial charge in [-0.05, 0) is 19.9 Å². The van der Waals surface area contributed by atoms with Crippen LogP contribution in [0, 0.1) is 5.82 Å². The van der Waals surface area contributed by atoms with Crippen molar-refractivity contribution in [3.63, 3.8) is 0 Å². The molecule has 1 aromatic heterocycles. The Balaban J connectivity index is 2.64. The predicted molar refractivity (Wildman–Crippen MR) is 67.7 cm³/mol. The molecule has 102 valence electrons. The minimum atomic E-state index is -0.798. The van der Waals surface area contributed by atoms with Gasteiger partial charge in [-0.1, -0.05) is 11.6 Å². The number of halogens is 2. The summed E-state index contributed by atoms with van der Waals surface area (Å²) in [5, 5.41) is 4.20. The van der Waals surface area contributed by atoms with E-state index in [0.717, 1.165) is 6.07 Å². The lowest BCUT2D eigenvalue weighted by Gasteiger charge is -2.13. The highest BCUT2D eigenvalue weighted by Crippen LogP contribution is 2.29. The summed E-state index contributed by atoms with van der Waals surface area (Å²) in [5.41, 5.74) is -1.78. The summed E-state index contributed by atoms with van der Waals surface area (Å²) in [6.45, 7) is 3.54. The van der Waals surface area contributed by atoms with Crippen LogP contribution in [0.2, 0.25) is 5.02 Å². The van der Waals surface area contributed by atoms with Crippen LogP contribution in [0.15, 0.2) is 21.7 Å². The minimum absolute atomic E-state index is 0.0648. The molecule has 0 spiro atoms. The summed E-state index contributed by atoms with van der Waals surface area (Å²) in [6, 6.07) is 2.20. The molecule has 2 aromatic rings. The van der Waals surface area contributed by atoms with Crippen LogP contribution in [0.4, 0.5) is 4.39 Å². The highest BCUT2D eigenvalue weighted by Gasteiger charge is 2.16. The van der Waals surface area contributed by atoms with Crippen molar-refractivity contribution in [1.29, 1.82) is 0 Å². The Bertz CT molecular complexity index is 689. The van der Waals surface area contributed by atoms with Crippen LogP contribution in [0.5, 0.6) is 5.75 Å². The van der Waals surface area contributed by atoms with Gasteiger partial charge in [0.25, 0.3) is 0 Å². The highest BCUT2D eigenvalue weighted by atomic mass is 35.5. The average molecular weight is 288 g/mol. The molecule has 0 aliphatic carbocycles. The van der Waals surface area contributed by atoms with Crippen molar-refractivity contribution in [2.75, 3.05) is 0 Å². The molecule has 0 bridgehead atoms. The summed E-state index contributed by atoms with van der Waals surface area (Å²) in [4.78, 5) is 22.9. The number of aromatic amines is 2. The van der Waals surface area contributed by atoms with E-state index in [1.807, 2.05) is 0 Å². The molecule has 2 N–H and O–H groups in total. The second-order valence-electron chi connectivity index (χ2n) is 4.10. The summed E-state index contributed by atoms with van der Waals surface area (Å²) in [7, 11) is 0. The molecule has 2 rings (SSSR count). The first-order chi connectivity index (χ1) is 8.90. The Kier molecular flexibility index (Phi) is 3.48. The summed E-state index contributed by atoms with van der Waals surface area (Å²) in [6.07, 6.45) is -0.183. The zero-order chi connectivity index (χ0) is 14.2. The van der Waals surface area contributed by atoms with Gasteiger partial charge >= 0.3 is 11.4 Å². The lowest BCUT2D eigenvalue weighted by molar-refractivity contribution is 0.242. The van der Waals surface area contributed by atoms with Crippen molar-refractivity contribution in [3.8, 4) is 11.4 Å². The Morgan fingerprint density at radius 2 is 1.84 bits per heavy atom. The molecular weight excluding hydrogens is 277 g/mol. The van der Waals surface area contributed by atoms with Crippen molar-refractivity contribution in [2.45, 2.75) is 20.0 Å². The number of hydrogen-bond acceptors (Lipinski definition) is 3. The first-order valence-electron chi connectivity index (χ1n) is 5.46. The Hall–Kier alpha value is -2.02. The van der Waals surface area contributed by atoms with Gasteiger partial charge in [0.05, 0.1) is 16.8 Å². The van der Waals surface area contributed by atoms with Gasteiger partial charge < -0.3 is 4.74 Å². The molecular formula is C11H11ClFN3O3. The molecule has 0 fully saturated rings. The van der Waals surface area contributed by atoms with E-state index in [-0.39, 0.29) is 22.6 Å². The van der Waals surface area contributed by atoms with Gasteiger partial charge in [-0.2, -0.15) is 0 Å². The first kappa shape index (κ1) is 13.4. The van der Waals surface area contributed by atoms with Gasteiger partial charge in [0.15, 0.2) is 0 Å². The van der Waals surface area contributed by atoms with Crippen LogP contribution in [-0.2, 0) is 0 Å². The third-order valence-corrected chi connectivity index (χ3v) is 2.58. The molecule has 0 saturated heterocycles. The van der Waals surface area contributed by atoms with E-state index in [4.69, 9.17) is 16.3 Å². The van der Waals surface area contributed by atoms with Gasteiger partial charge in [0, 0.05) is 6.07 Å². The number of H-pyrrole nitrogens is 2. The van der Waals surface area contributed by atoms with Crippen molar-refractivity contribution >= 4 is 11.6 Å². The summed E-state index contributed by atoms with van der Waals surface area (Å²) < 4.78 is 19.8. The zero-order valence-electron chi connectivity index (χ0n) is 10.2. The van der Waals surface area contributed by atoms with Crippen molar-refractivity contribution in [1.82, 2.24) is 14.8 Å². The van der Waals surface area contributed by atoms with Crippen LogP contribution < -0.4 is 16.1 Å². The smallest absolute Gasteiger partial charge is 0.349 e. The molecule has 0 atom stereocenters. The molecule has 0 radical (unpaired) electrons. The minimum Gasteiger partial charge on any atom is -0.489 e. The molecule has 8 heteroatoms. The van der Waals surface area contributed by atoms with Crippen molar-refractivity contribution in [2.24, 2.45) is 0 Å². The fraction of sp³-hybridized carbons (Fsp3) is 0.273. The predicted octanol–water partition coefficient (Wildman–Crippen LogP) is 1.43. The fourth-order valence-corrected chi connectivity index (χ4v) is 1.76. The molecule has 1 aromatic carbocycles. The monoisotopic (exact) mass is 287 g/mol. The molecule has 6 nitrogen and oxygen atoms in total. The van der Waals surface area contributed by atoms with E-state index in [9.17, 15) is 14.0 Å². The maximum atomic E-state index is 13.8. The largest absolute Gasteiger partial charge is 0.489 e. The standard InChI is InChI=1S/C11H11ClFN3O3/c1-5(2)19-9-4-8(7(13)3-6(9)12)16-10(17)14-15-11(16)18/h3-5H,1-2H3,(H,14,17)(H,15,18). The van der Waals surface area contributed by atoms with Crippen LogP contribution in [0.3, 0.4) is 0 Å². The maximum absolute atomic E-state index is 13.8. The topological polar surface area (TPSA) is 79.9 Å². The maximum Gasteiger partial charge on any atom is 0.349 e. The first-order valence-corrected chi connectivity index (χ1v) is 5.83. The Labute approximate surface area is 111 Å². The van der Waals surface area contributed by atoms with E-state index in [1.165, 1.54) is 6.07 Å². The van der Waals surface area contributed by atoms with Gasteiger partial charge in [0.2, 0.25) is 0 Å². The van der Waals surface area contributed by atoms with E-state index < -0.39 is 17.2 Å². The number of rotatable bonds is 3. The van der Waals surface area contributed by atoms with E-state index >= 15 is 0 Å². The van der Waals surface area contributed by atoms with Gasteiger partial charge in [-0.25, -0.2) is 28.7 Å². The lowest BCUT2D eigenvalue weighted by Crippen LogP contribution is -2.25. The Morgan fingerprint density at radius 3 is 2.37 bits per heavy atom. The molecule has 0 aliphatic rings. The number of benzene rings is 1. The van der Waals surface area contributed by atoms with E-state index in [2.05, 4.69) is 10.2 Å². The van der Waals surface area contributed by atoms with Crippen LogP contribution in [-0.4, -0.2) is 20.9 Å². The third kappa shape index (κ3) is 2.55. The Morgan fingerprint density at radius 1 is 1.26 bits per heavy atom. The average Bonchev–Trinajstić information content (AvgIpc) is 2.63. The third-order valence-electron chi connectivity index (χ3n) is 2.29. The van der Waals surface area contributed by atoms with Gasteiger partial charge in [0.1, 0.15) is 11.6 Å². The normalized spacial score (nSPS) is 11.0. The van der Waals surface area contributed by atoms with Crippen LogP contribution >= 0.6 is 11.6 Å². The molecule has 0 saturated carbocycles. The summed E-state index contributed by atoms with van der Waals surface area (Å²) >= 11 is 5.84. The molecule has 19 heavy (non-hydrogen) atoms. The fourth-order valence-electron chi connectivity index (χ4n) is 1.56. The molecule has 0 unspecified atom stereocenters. The van der Waals surface area contributed by atoms with Gasteiger partial charge in [-0.15, -0.1) is 0 Å². The SMILES string of the molecule is CC(C)Oc1cc(-n2c(=O)[nH][nH]c2=O)c(F)cc1Cl. The number of ether oxygens (including phenoxy) is 1. The number of aromatic nitrogens is 3. The molecule has 1 heterocycles. The zero-order valence-corrected chi connectivity index (χ0v) is 10.9. The van der Waals surface area contributed by atoms with Crippen molar-refractivity contribution < 1.29 is 9.13 Å².